The van der Waals surface area contributed by atoms with Crippen LogP contribution in [0.3, 0.4) is 0 Å². The molecular weight excluding hydrogens is 318 g/mol. The maximum absolute atomic E-state index is 12.8. The van der Waals surface area contributed by atoms with Crippen LogP contribution in [-0.2, 0) is 9.53 Å². The molecule has 0 aliphatic rings. The Balaban J connectivity index is 1.78. The van der Waals surface area contributed by atoms with Crippen molar-refractivity contribution in [1.82, 2.24) is 4.98 Å². The van der Waals surface area contributed by atoms with E-state index < -0.39 is 18.2 Å². The average Bonchev–Trinajstić information content (AvgIpc) is 2.96. The van der Waals surface area contributed by atoms with Crippen molar-refractivity contribution < 1.29 is 19.4 Å². The molecule has 0 saturated carbocycles. The first-order chi connectivity index (χ1) is 12.0. The molecule has 0 bridgehead atoms. The van der Waals surface area contributed by atoms with E-state index in [4.69, 9.17) is 4.74 Å². The molecule has 1 heterocycles. The maximum Gasteiger partial charge on any atom is 0.340 e. The molecule has 2 aromatic carbocycles. The first-order valence-electron chi connectivity index (χ1n) is 8.04. The van der Waals surface area contributed by atoms with Crippen LogP contribution in [0.15, 0.2) is 54.6 Å². The number of aromatic amines is 1. The minimum absolute atomic E-state index is 0.302. The fraction of sp³-hybridized carbons (Fsp3) is 0.200. The van der Waals surface area contributed by atoms with Crippen LogP contribution < -0.4 is 0 Å². The van der Waals surface area contributed by atoms with E-state index in [1.54, 1.807) is 37.3 Å². The van der Waals surface area contributed by atoms with E-state index in [1.165, 1.54) is 6.92 Å². The van der Waals surface area contributed by atoms with Gasteiger partial charge in [0.05, 0.1) is 0 Å². The van der Waals surface area contributed by atoms with Crippen LogP contribution in [0.25, 0.3) is 10.9 Å². The number of ether oxygens (including phenoxy) is 1. The third-order valence-corrected chi connectivity index (χ3v) is 4.14. The lowest BCUT2D eigenvalue weighted by molar-refractivity contribution is -0.156. The van der Waals surface area contributed by atoms with Gasteiger partial charge in [0.1, 0.15) is 0 Å². The number of hydrogen-bond donors (Lipinski definition) is 2. The Bertz CT molecular complexity index is 914. The second kappa shape index (κ2) is 6.91. The summed E-state index contributed by atoms with van der Waals surface area (Å²) in [4.78, 5) is 28.1. The zero-order chi connectivity index (χ0) is 18.0. The highest BCUT2D eigenvalue weighted by atomic mass is 16.6. The van der Waals surface area contributed by atoms with Crippen molar-refractivity contribution >= 4 is 22.7 Å². The summed E-state index contributed by atoms with van der Waals surface area (Å²) in [5.74, 6) is -1.15. The standard InChI is InChI=1S/C20H19NO4/c1-12-17(15-10-6-7-11-16(15)21-12)18(22)13(2)25-20(24)19(23)14-8-4-3-5-9-14/h3-11,13,19,21,23H,1-2H3/t13-,19+/m1/s1. The molecule has 0 saturated heterocycles. The highest BCUT2D eigenvalue weighted by Crippen LogP contribution is 2.24. The summed E-state index contributed by atoms with van der Waals surface area (Å²) in [5.41, 5.74) is 2.50. The molecule has 3 aromatic rings. The van der Waals surface area contributed by atoms with Gasteiger partial charge in [0, 0.05) is 22.2 Å². The Hall–Kier alpha value is -2.92. The van der Waals surface area contributed by atoms with E-state index in [-0.39, 0.29) is 5.78 Å². The molecule has 3 rings (SSSR count). The zero-order valence-corrected chi connectivity index (χ0v) is 14.0. The summed E-state index contributed by atoms with van der Waals surface area (Å²) in [6.07, 6.45) is -2.41. The lowest BCUT2D eigenvalue weighted by atomic mass is 10.0. The molecule has 5 heteroatoms. The molecule has 128 valence electrons. The highest BCUT2D eigenvalue weighted by Gasteiger charge is 2.27. The van der Waals surface area contributed by atoms with E-state index in [1.807, 2.05) is 24.3 Å². The quantitative estimate of drug-likeness (QED) is 0.553. The summed E-state index contributed by atoms with van der Waals surface area (Å²) in [7, 11) is 0. The molecule has 0 fully saturated rings. The van der Waals surface area contributed by atoms with Crippen molar-refractivity contribution in [3.63, 3.8) is 0 Å². The van der Waals surface area contributed by atoms with Crippen LogP contribution in [-0.4, -0.2) is 27.9 Å². The fourth-order valence-electron chi connectivity index (χ4n) is 2.86. The average molecular weight is 337 g/mol. The van der Waals surface area contributed by atoms with Gasteiger partial charge in [-0.05, 0) is 25.5 Å². The molecule has 0 radical (unpaired) electrons. The number of aliphatic hydroxyl groups is 1. The predicted octanol–water partition coefficient (Wildman–Crippen LogP) is 3.32. The first kappa shape index (κ1) is 16.9. The summed E-state index contributed by atoms with van der Waals surface area (Å²) >= 11 is 0. The summed E-state index contributed by atoms with van der Waals surface area (Å²) in [6.45, 7) is 3.32. The Kier molecular flexibility index (Phi) is 4.67. The number of carbonyl (C=O) groups excluding carboxylic acids is 2. The van der Waals surface area contributed by atoms with Gasteiger partial charge in [0.2, 0.25) is 5.78 Å². The number of aliphatic hydroxyl groups excluding tert-OH is 1. The number of aryl methyl sites for hydroxylation is 1. The van der Waals surface area contributed by atoms with E-state index in [9.17, 15) is 14.7 Å². The number of rotatable bonds is 5. The third kappa shape index (κ3) is 3.32. The molecular formula is C20H19NO4. The Morgan fingerprint density at radius 2 is 1.68 bits per heavy atom. The second-order valence-corrected chi connectivity index (χ2v) is 5.93. The predicted molar refractivity (Wildman–Crippen MR) is 94.3 cm³/mol. The number of benzene rings is 2. The van der Waals surface area contributed by atoms with Crippen molar-refractivity contribution in [3.8, 4) is 0 Å². The van der Waals surface area contributed by atoms with Crippen molar-refractivity contribution in [2.24, 2.45) is 0 Å². The number of esters is 1. The van der Waals surface area contributed by atoms with E-state index in [0.29, 0.717) is 11.1 Å². The largest absolute Gasteiger partial charge is 0.452 e. The smallest absolute Gasteiger partial charge is 0.340 e. The van der Waals surface area contributed by atoms with Crippen molar-refractivity contribution in [2.45, 2.75) is 26.1 Å². The first-order valence-corrected chi connectivity index (χ1v) is 8.04. The number of para-hydroxylation sites is 1. The Morgan fingerprint density at radius 3 is 2.40 bits per heavy atom. The molecule has 0 aliphatic carbocycles. The van der Waals surface area contributed by atoms with E-state index >= 15 is 0 Å². The Morgan fingerprint density at radius 1 is 1.04 bits per heavy atom. The van der Waals surface area contributed by atoms with Crippen LogP contribution in [0.4, 0.5) is 0 Å². The van der Waals surface area contributed by atoms with Gasteiger partial charge in [0.25, 0.3) is 0 Å². The zero-order valence-electron chi connectivity index (χ0n) is 14.0. The van der Waals surface area contributed by atoms with E-state index in [0.717, 1.165) is 16.6 Å². The minimum atomic E-state index is -1.42. The van der Waals surface area contributed by atoms with Crippen molar-refractivity contribution in [2.75, 3.05) is 0 Å². The maximum atomic E-state index is 12.8. The topological polar surface area (TPSA) is 79.4 Å². The van der Waals surface area contributed by atoms with Crippen LogP contribution in [0.5, 0.6) is 0 Å². The van der Waals surface area contributed by atoms with Crippen molar-refractivity contribution in [1.29, 1.82) is 0 Å². The molecule has 25 heavy (non-hydrogen) atoms. The number of ketones is 1. The van der Waals surface area contributed by atoms with Gasteiger partial charge in [-0.3, -0.25) is 4.79 Å². The van der Waals surface area contributed by atoms with Crippen LogP contribution in [0.1, 0.15) is 34.6 Å². The van der Waals surface area contributed by atoms with Gasteiger partial charge < -0.3 is 14.8 Å². The number of H-pyrrole nitrogens is 1. The second-order valence-electron chi connectivity index (χ2n) is 5.93. The monoisotopic (exact) mass is 337 g/mol. The van der Waals surface area contributed by atoms with Crippen LogP contribution in [0.2, 0.25) is 0 Å². The van der Waals surface area contributed by atoms with Crippen molar-refractivity contribution in [3.05, 3.63) is 71.4 Å². The molecule has 5 nitrogen and oxygen atoms in total. The SMILES string of the molecule is Cc1[nH]c2ccccc2c1C(=O)[C@@H](C)OC(=O)[C@@H](O)c1ccccc1. The molecule has 0 spiro atoms. The number of nitrogens with one attached hydrogen (secondary N) is 1. The van der Waals surface area contributed by atoms with Crippen LogP contribution >= 0.6 is 0 Å². The van der Waals surface area contributed by atoms with Gasteiger partial charge in [0.15, 0.2) is 12.2 Å². The molecule has 2 N–H and O–H groups in total. The number of fused-ring (bicyclic) bond motifs is 1. The molecule has 0 amide bonds. The summed E-state index contributed by atoms with van der Waals surface area (Å²) in [6, 6.07) is 15.9. The number of hydrogen-bond acceptors (Lipinski definition) is 4. The molecule has 0 unspecified atom stereocenters. The van der Waals surface area contributed by atoms with Crippen LogP contribution in [0, 0.1) is 6.92 Å². The Labute approximate surface area is 145 Å². The van der Waals surface area contributed by atoms with Gasteiger partial charge in [-0.2, -0.15) is 0 Å². The van der Waals surface area contributed by atoms with Gasteiger partial charge in [-0.15, -0.1) is 0 Å². The number of carbonyl (C=O) groups is 2. The van der Waals surface area contributed by atoms with Gasteiger partial charge in [-0.1, -0.05) is 48.5 Å². The summed E-state index contributed by atoms with van der Waals surface area (Å²) in [5, 5.41) is 10.9. The number of aromatic nitrogens is 1. The third-order valence-electron chi connectivity index (χ3n) is 4.14. The molecule has 0 aliphatic heterocycles. The van der Waals surface area contributed by atoms with Gasteiger partial charge >= 0.3 is 5.97 Å². The lowest BCUT2D eigenvalue weighted by Gasteiger charge is -2.16. The number of Topliss-reactive ketones (excluding diaryl/α,β-unsaturated/α-hetero) is 1. The minimum Gasteiger partial charge on any atom is -0.452 e. The highest BCUT2D eigenvalue weighted by molar-refractivity contribution is 6.11. The normalized spacial score (nSPS) is 13.4. The molecule has 1 aromatic heterocycles. The van der Waals surface area contributed by atoms with E-state index in [2.05, 4.69) is 4.98 Å². The van der Waals surface area contributed by atoms with Gasteiger partial charge in [-0.25, -0.2) is 4.79 Å². The fourth-order valence-corrected chi connectivity index (χ4v) is 2.86. The molecule has 2 atom stereocenters. The summed E-state index contributed by atoms with van der Waals surface area (Å²) < 4.78 is 5.20. The lowest BCUT2D eigenvalue weighted by Crippen LogP contribution is -2.27.